The molecule has 0 fully saturated rings. The topological polar surface area (TPSA) is 320 Å². The van der Waals surface area contributed by atoms with Gasteiger partial charge in [-0.25, -0.2) is 14.2 Å². The van der Waals surface area contributed by atoms with E-state index in [1.807, 2.05) is 0 Å². The zero-order valence-electron chi connectivity index (χ0n) is 46.3. The predicted molar refractivity (Wildman–Crippen MR) is 297 cm³/mol. The summed E-state index contributed by atoms with van der Waals surface area (Å²) >= 11 is 3.08. The van der Waals surface area contributed by atoms with Crippen LogP contribution in [0.2, 0.25) is 0 Å². The molecule has 4 atom stereocenters. The Kier molecular flexibility index (Phi) is 26.1. The zero-order chi connectivity index (χ0) is 59.1. The van der Waals surface area contributed by atoms with Crippen molar-refractivity contribution in [3.05, 3.63) is 74.3 Å². The molecule has 0 unspecified atom stereocenters. The second kappa shape index (κ2) is 33.1. The Bertz CT molecular complexity index is 2860. The molecule has 5 heterocycles. The Morgan fingerprint density at radius 2 is 1.27 bits per heavy atom. The van der Waals surface area contributed by atoms with Crippen LogP contribution in [0.4, 0.5) is 4.39 Å². The molecular weight excluding hydrogens is 1120 g/mol. The number of carbonyl (C=O) groups is 8. The molecule has 6 N–H and O–H groups in total. The summed E-state index contributed by atoms with van der Waals surface area (Å²) in [5.41, 5.74) is 3.45. The van der Waals surface area contributed by atoms with Crippen molar-refractivity contribution in [2.45, 2.75) is 83.7 Å². The van der Waals surface area contributed by atoms with Gasteiger partial charge >= 0.3 is 5.97 Å². The normalized spacial score (nSPS) is 15.4. The smallest absolute Gasteiger partial charge is 0.340 e. The van der Waals surface area contributed by atoms with Crippen LogP contribution < -0.4 is 32.1 Å². The maximum Gasteiger partial charge on any atom is 0.340 e. The maximum atomic E-state index is 14.8. The maximum absolute atomic E-state index is 14.8. The number of amides is 7. The number of rotatable bonds is 37. The van der Waals surface area contributed by atoms with Gasteiger partial charge in [0.25, 0.3) is 17.4 Å². The van der Waals surface area contributed by atoms with E-state index >= 15 is 0 Å². The molecular formula is C54H71FN8O17S2. The first kappa shape index (κ1) is 64.8. The second-order valence-electron chi connectivity index (χ2n) is 19.0. The third kappa shape index (κ3) is 19.1. The van der Waals surface area contributed by atoms with Crippen molar-refractivity contribution in [1.29, 1.82) is 0 Å². The van der Waals surface area contributed by atoms with Crippen molar-refractivity contribution in [2.75, 3.05) is 110 Å². The minimum absolute atomic E-state index is 0.0121. The van der Waals surface area contributed by atoms with Crippen LogP contribution >= 0.6 is 23.5 Å². The average molecular weight is 1190 g/mol. The molecule has 0 aliphatic carbocycles. The highest BCUT2D eigenvalue weighted by atomic mass is 32.2. The lowest BCUT2D eigenvalue weighted by molar-refractivity contribution is -0.157. The Labute approximate surface area is 481 Å². The molecule has 0 radical (unpaired) electrons. The van der Waals surface area contributed by atoms with Gasteiger partial charge in [0, 0.05) is 77.9 Å². The van der Waals surface area contributed by atoms with Gasteiger partial charge in [-0.05, 0) is 51.0 Å². The molecule has 3 aromatic rings. The summed E-state index contributed by atoms with van der Waals surface area (Å²) in [4.78, 5) is 117. The molecule has 6 rings (SSSR count). The molecule has 3 aliphatic rings. The van der Waals surface area contributed by atoms with Gasteiger partial charge in [0.1, 0.15) is 30.5 Å². The summed E-state index contributed by atoms with van der Waals surface area (Å²) in [5, 5.41) is 24.4. The van der Waals surface area contributed by atoms with Gasteiger partial charge < -0.3 is 69.4 Å². The zero-order valence-corrected chi connectivity index (χ0v) is 47.9. The van der Waals surface area contributed by atoms with Crippen LogP contribution in [0.15, 0.2) is 35.1 Å². The second-order valence-corrected chi connectivity index (χ2v) is 21.2. The number of nitrogens with zero attached hydrogens (tertiary/aromatic N) is 3. The van der Waals surface area contributed by atoms with Crippen LogP contribution in [-0.4, -0.2) is 195 Å². The number of cyclic esters (lactones) is 1. The third-order valence-corrected chi connectivity index (χ3v) is 15.0. The van der Waals surface area contributed by atoms with Crippen LogP contribution in [0.1, 0.15) is 67.5 Å². The molecule has 0 saturated carbocycles. The first-order chi connectivity index (χ1) is 39.4. The number of thioether (sulfide) groups is 2. The number of hydrogen-bond acceptors (Lipinski definition) is 20. The van der Waals surface area contributed by atoms with Gasteiger partial charge in [-0.3, -0.25) is 43.3 Å². The molecule has 2 aromatic heterocycles. The number of hydrogen-bond donors (Lipinski definition) is 6. The van der Waals surface area contributed by atoms with E-state index in [2.05, 4.69) is 26.6 Å². The summed E-state index contributed by atoms with van der Waals surface area (Å²) in [5.74, 6) is -2.36. The standard InChI is InChI=1S/C54H71FN8O17S2/c1-32-25-36-40(38-28-63-43(48(38)61-42(36)27-41(32)55)26-37-39(53(63)72)29-80-54(73)49(37)68)30-81-23-24-82-31-57-50(69)33(2)59-52(71)35(4)60-51(70)34(3)58-45(65)8-11-74-13-15-76-17-19-78-21-22-79-20-18-77-16-14-75-12-9-56-44(64)7-10-62-46(66)5-6-47(62)67/h5-6,25-27,33-35,49,68H,7-24,28-31H2,1-4H3,(H,56,64)(H,57,69)(H,58,65)(H,59,71)(H,60,70)/t33-,34-,35+,49-/m0/s1. The number of nitrogens with one attached hydrogen (secondary N) is 5. The number of aliphatic hydroxyl groups excluding tert-OH is 1. The summed E-state index contributed by atoms with van der Waals surface area (Å²) in [7, 11) is 0. The molecule has 82 heavy (non-hydrogen) atoms. The van der Waals surface area contributed by atoms with Crippen molar-refractivity contribution in [1.82, 2.24) is 41.0 Å². The van der Waals surface area contributed by atoms with Crippen LogP contribution in [0.3, 0.4) is 0 Å². The van der Waals surface area contributed by atoms with Gasteiger partial charge in [0.05, 0.1) is 114 Å². The van der Waals surface area contributed by atoms with E-state index in [-0.39, 0.29) is 81.9 Å². The average Bonchev–Trinajstić information content (AvgIpc) is 2.26. The quantitative estimate of drug-likeness (QED) is 0.0154. The number of aromatic nitrogens is 2. The number of aryl methyl sites for hydroxylation is 1. The van der Waals surface area contributed by atoms with E-state index in [1.54, 1.807) is 30.8 Å². The highest BCUT2D eigenvalue weighted by molar-refractivity contribution is 8.02. The monoisotopic (exact) mass is 1190 g/mol. The molecule has 0 saturated heterocycles. The number of ether oxygens (including phenoxy) is 7. The Morgan fingerprint density at radius 3 is 1.89 bits per heavy atom. The highest BCUT2D eigenvalue weighted by Crippen LogP contribution is 2.39. The number of carbonyl (C=O) groups excluding carboxylic acids is 8. The number of imide groups is 1. The number of esters is 1. The van der Waals surface area contributed by atoms with Crippen LogP contribution in [0.25, 0.3) is 22.3 Å². The Hall–Kier alpha value is -6.37. The van der Waals surface area contributed by atoms with Gasteiger partial charge in [0.15, 0.2) is 6.10 Å². The summed E-state index contributed by atoms with van der Waals surface area (Å²) < 4.78 is 54.1. The predicted octanol–water partition coefficient (Wildman–Crippen LogP) is 0.438. The van der Waals surface area contributed by atoms with Crippen molar-refractivity contribution in [3.8, 4) is 11.4 Å². The fraction of sp³-hybridized carbons (Fsp3) is 0.556. The fourth-order valence-electron chi connectivity index (χ4n) is 8.41. The summed E-state index contributed by atoms with van der Waals surface area (Å²) in [6, 6.07) is 1.81. The first-order valence-corrected chi connectivity index (χ1v) is 29.1. The van der Waals surface area contributed by atoms with Crippen molar-refractivity contribution in [2.24, 2.45) is 0 Å². The molecule has 28 heteroatoms. The summed E-state index contributed by atoms with van der Waals surface area (Å²) in [6.45, 7) is 10.2. The highest BCUT2D eigenvalue weighted by Gasteiger charge is 2.35. The number of fused-ring (bicyclic) bond motifs is 5. The van der Waals surface area contributed by atoms with E-state index < -0.39 is 77.0 Å². The fourth-order valence-corrected chi connectivity index (χ4v) is 10.4. The molecule has 448 valence electrons. The number of pyridine rings is 2. The lowest BCUT2D eigenvalue weighted by Crippen LogP contribution is -2.54. The van der Waals surface area contributed by atoms with E-state index in [0.717, 1.165) is 21.4 Å². The van der Waals surface area contributed by atoms with Gasteiger partial charge in [-0.2, -0.15) is 11.8 Å². The lowest BCUT2D eigenvalue weighted by atomic mass is 9.98. The Morgan fingerprint density at radius 1 is 0.707 bits per heavy atom. The van der Waals surface area contributed by atoms with Crippen molar-refractivity contribution in [3.63, 3.8) is 0 Å². The van der Waals surface area contributed by atoms with E-state index in [0.29, 0.717) is 99.1 Å². The third-order valence-electron chi connectivity index (χ3n) is 13.0. The number of benzene rings is 1. The minimum Gasteiger partial charge on any atom is -0.458 e. The summed E-state index contributed by atoms with van der Waals surface area (Å²) in [6.07, 6.45) is 0.756. The molecule has 3 aliphatic heterocycles. The molecule has 25 nitrogen and oxygen atoms in total. The lowest BCUT2D eigenvalue weighted by Gasteiger charge is -2.21. The van der Waals surface area contributed by atoms with Crippen molar-refractivity contribution >= 4 is 81.7 Å². The van der Waals surface area contributed by atoms with E-state index in [1.165, 1.54) is 55.3 Å². The number of halogens is 1. The van der Waals surface area contributed by atoms with Gasteiger partial charge in [-0.15, -0.1) is 11.8 Å². The van der Waals surface area contributed by atoms with E-state index in [4.69, 9.17) is 38.1 Å². The van der Waals surface area contributed by atoms with Gasteiger partial charge in [-0.1, -0.05) is 0 Å². The van der Waals surface area contributed by atoms with E-state index in [9.17, 15) is 52.6 Å². The largest absolute Gasteiger partial charge is 0.458 e. The number of aliphatic hydroxyl groups is 1. The van der Waals surface area contributed by atoms with Crippen LogP contribution in [0.5, 0.6) is 0 Å². The van der Waals surface area contributed by atoms with Crippen molar-refractivity contribution < 1.29 is 81.0 Å². The van der Waals surface area contributed by atoms with Crippen LogP contribution in [0, 0.1) is 12.7 Å². The minimum atomic E-state index is -1.60. The molecule has 0 spiro atoms. The SMILES string of the molecule is Cc1cc2c(CSCCSCNC(=O)[C@H](C)NC(=O)[C@@H](C)NC(=O)[C@H](C)NC(=O)CCOCCOCCOCCOCCOCCOCCNC(=O)CCN3C(=O)C=CC3=O)c3c(nc2cc1F)-c1cc2c(c(=O)n1C3)COC(=O)[C@H]2O. The first-order valence-electron chi connectivity index (χ1n) is 26.8. The van der Waals surface area contributed by atoms with Gasteiger partial charge in [0.2, 0.25) is 29.5 Å². The molecule has 0 bridgehead atoms. The Balaban J connectivity index is 0.731. The molecule has 7 amide bonds. The van der Waals surface area contributed by atoms with Crippen LogP contribution in [-0.2, 0) is 90.4 Å². The molecule has 1 aromatic carbocycles.